The first-order valence-corrected chi connectivity index (χ1v) is 13.7. The topological polar surface area (TPSA) is 4.93 Å². The van der Waals surface area contributed by atoms with Gasteiger partial charge in [0, 0.05) is 11.2 Å². The van der Waals surface area contributed by atoms with Crippen LogP contribution in [0, 0.1) is 20.9 Å². The van der Waals surface area contributed by atoms with Crippen molar-refractivity contribution in [2.75, 3.05) is 0 Å². The van der Waals surface area contributed by atoms with Gasteiger partial charge in [-0.15, -0.1) is 48.8 Å². The van der Waals surface area contributed by atoms with Crippen LogP contribution < -0.4 is 0 Å². The molecule has 0 saturated heterocycles. The van der Waals surface area contributed by atoms with Crippen LogP contribution in [0.4, 0.5) is 0 Å². The molecule has 1 nitrogen and oxygen atoms in total. The number of halogens is 2. The summed E-state index contributed by atoms with van der Waals surface area (Å²) >= 11 is 1.36. The molecule has 2 radical (unpaired) electrons. The van der Waals surface area contributed by atoms with Crippen molar-refractivity contribution in [3.8, 4) is 5.69 Å². The Morgan fingerprint density at radius 3 is 2.00 bits per heavy atom. The Hall–Kier alpha value is -1.77. The first kappa shape index (κ1) is 31.2. The standard InChI is InChI=1S/C21H14N.C5H5.2CH3.2ClH.Si.Zr/c1-2-9-16(10-3-1)22-20-13-7-6-12-18(20)19-14-15-8-4-5-11-17(15)21(19)22;1-2-4-5-3-1;;;;;;/h1-14H;1-3H,4H2;2*1H3;2*1H;;/q4*-1;;;;. The second-order valence-corrected chi connectivity index (χ2v) is 6.69. The van der Waals surface area contributed by atoms with E-state index in [-0.39, 0.29) is 39.7 Å². The number of para-hydroxylation sites is 2. The van der Waals surface area contributed by atoms with Crippen LogP contribution in [0.15, 0.2) is 103 Å². The molecule has 4 aromatic carbocycles. The number of aromatic nitrogens is 1. The smallest absolute Gasteiger partial charge is 0.0378 e. The fourth-order valence-electron chi connectivity index (χ4n) is 3.86. The van der Waals surface area contributed by atoms with Crippen molar-refractivity contribution in [3.05, 3.63) is 124 Å². The summed E-state index contributed by atoms with van der Waals surface area (Å²) < 4.78 is 2.38. The predicted molar refractivity (Wildman–Crippen MR) is 149 cm³/mol. The Bertz CT molecular complexity index is 1300. The molecule has 0 atom stereocenters. The van der Waals surface area contributed by atoms with Gasteiger partial charge >= 0.3 is 30.2 Å². The molecule has 0 bridgehead atoms. The summed E-state index contributed by atoms with van der Waals surface area (Å²) in [6, 6.07) is 30.2. The van der Waals surface area contributed by atoms with Crippen molar-refractivity contribution < 1.29 is 23.3 Å². The van der Waals surface area contributed by atoms with Crippen LogP contribution in [0.3, 0.4) is 0 Å². The summed E-state index contributed by atoms with van der Waals surface area (Å²) in [5, 5.41) is 5.28. The van der Waals surface area contributed by atoms with Crippen molar-refractivity contribution in [1.29, 1.82) is 0 Å². The molecule has 6 rings (SSSR count). The van der Waals surface area contributed by atoms with Gasteiger partial charge in [-0.1, -0.05) is 70.8 Å². The maximum atomic E-state index is 3.06. The average molecular weight is 568 g/mol. The molecule has 1 aromatic heterocycles. The largest absolute Gasteiger partial charge is 0.355 e. The zero-order valence-corrected chi connectivity index (χ0v) is 23.9. The van der Waals surface area contributed by atoms with Crippen molar-refractivity contribution in [1.82, 2.24) is 4.57 Å². The zero-order valence-electron chi connectivity index (χ0n) is 18.8. The van der Waals surface area contributed by atoms with Gasteiger partial charge in [0.1, 0.15) is 0 Å². The van der Waals surface area contributed by atoms with Gasteiger partial charge in [0.05, 0.1) is 0 Å². The van der Waals surface area contributed by atoms with Gasteiger partial charge in [0.2, 0.25) is 0 Å². The third kappa shape index (κ3) is 6.43. The minimum absolute atomic E-state index is 0. The number of benzene rings is 3. The number of allylic oxidation sites excluding steroid dienone is 4. The number of fused-ring (bicyclic) bond motifs is 5. The van der Waals surface area contributed by atoms with E-state index < -0.39 is 0 Å². The molecule has 0 saturated carbocycles. The molecule has 0 aliphatic heterocycles. The molecule has 5 heteroatoms. The maximum absolute atomic E-state index is 3.06. The van der Waals surface area contributed by atoms with Crippen LogP contribution in [0.5, 0.6) is 0 Å². The van der Waals surface area contributed by atoms with E-state index in [1.54, 1.807) is 0 Å². The summed E-state index contributed by atoms with van der Waals surface area (Å²) in [5.41, 5.74) is 3.79. The molecule has 0 fully saturated rings. The summed E-state index contributed by atoms with van der Waals surface area (Å²) in [4.78, 5) is 0. The van der Waals surface area contributed by atoms with Gasteiger partial charge in [-0.05, 0) is 23.7 Å². The van der Waals surface area contributed by atoms with Crippen LogP contribution in [-0.2, 0) is 23.3 Å². The second kappa shape index (κ2) is 15.2. The van der Waals surface area contributed by atoms with E-state index in [4.69, 9.17) is 0 Å². The molecule has 170 valence electrons. The molecule has 0 unspecified atom stereocenters. The Morgan fingerprint density at radius 1 is 0.788 bits per heavy atom. The van der Waals surface area contributed by atoms with E-state index in [2.05, 4.69) is 109 Å². The SMILES string of the molecule is Cl.Cl.[C-]1=CC=CC1.[CH3-].[CH3-].[Si]=[Zr].c1ccc(-n2c3ccccc3c3[cH-]c4ccccc4c32)cc1. The Morgan fingerprint density at radius 2 is 1.39 bits per heavy atom. The van der Waals surface area contributed by atoms with Gasteiger partial charge in [0.15, 0.2) is 0 Å². The Labute approximate surface area is 227 Å². The summed E-state index contributed by atoms with van der Waals surface area (Å²) in [5.74, 6) is 0. The fraction of sp³-hybridized carbons (Fsp3) is 0.0357. The molecule has 5 aromatic rings. The van der Waals surface area contributed by atoms with Crippen LogP contribution in [-0.4, -0.2) is 11.4 Å². The van der Waals surface area contributed by atoms with E-state index in [0.29, 0.717) is 0 Å². The number of nitrogens with zero attached hydrogens (tertiary/aromatic N) is 1. The molecule has 1 aliphatic rings. The summed E-state index contributed by atoms with van der Waals surface area (Å²) in [7, 11) is 0. The van der Waals surface area contributed by atoms with Gasteiger partial charge < -0.3 is 19.4 Å². The molecule has 0 spiro atoms. The van der Waals surface area contributed by atoms with Crippen LogP contribution in [0.2, 0.25) is 0 Å². The third-order valence-corrected chi connectivity index (χ3v) is 5.03. The first-order valence-electron chi connectivity index (χ1n) is 9.53. The fourth-order valence-corrected chi connectivity index (χ4v) is 3.86. The Balaban J connectivity index is 0.000000824. The predicted octanol–water partition coefficient (Wildman–Crippen LogP) is 8.32. The zero-order chi connectivity index (χ0) is 20.1. The normalized spacial score (nSPS) is 10.5. The first-order chi connectivity index (χ1) is 14.4. The minimum atomic E-state index is 0. The molecule has 33 heavy (non-hydrogen) atoms. The number of hydrogen-bond acceptors (Lipinski definition) is 0. The van der Waals surface area contributed by atoms with Crippen LogP contribution >= 0.6 is 24.8 Å². The van der Waals surface area contributed by atoms with Crippen LogP contribution in [0.25, 0.3) is 38.3 Å². The molecular weight excluding hydrogens is 541 g/mol. The third-order valence-electron chi connectivity index (χ3n) is 5.03. The van der Waals surface area contributed by atoms with Crippen molar-refractivity contribution in [2.45, 2.75) is 6.42 Å². The second-order valence-electron chi connectivity index (χ2n) is 6.69. The van der Waals surface area contributed by atoms with E-state index in [0.717, 1.165) is 6.42 Å². The quantitative estimate of drug-likeness (QED) is 0.142. The number of rotatable bonds is 1. The van der Waals surface area contributed by atoms with E-state index >= 15 is 0 Å². The van der Waals surface area contributed by atoms with E-state index in [1.165, 1.54) is 61.6 Å². The molecule has 0 N–H and O–H groups in total. The van der Waals surface area contributed by atoms with Crippen LogP contribution in [0.1, 0.15) is 6.42 Å². The van der Waals surface area contributed by atoms with Crippen molar-refractivity contribution >= 4 is 64.3 Å². The maximum Gasteiger partial charge on any atom is 0.0378 e. The van der Waals surface area contributed by atoms with E-state index in [9.17, 15) is 0 Å². The monoisotopic (exact) mass is 565 g/mol. The average Bonchev–Trinajstić information content (AvgIpc) is 3.54. The van der Waals surface area contributed by atoms with E-state index in [1.807, 2.05) is 12.2 Å². The molecule has 1 aliphatic carbocycles. The molecule has 0 amide bonds. The van der Waals surface area contributed by atoms with Crippen molar-refractivity contribution in [3.63, 3.8) is 0 Å². The summed E-state index contributed by atoms with van der Waals surface area (Å²) in [6.07, 6.45) is 10.0. The van der Waals surface area contributed by atoms with Gasteiger partial charge in [-0.3, -0.25) is 6.08 Å². The van der Waals surface area contributed by atoms with Gasteiger partial charge in [-0.2, -0.15) is 6.08 Å². The Kier molecular flexibility index (Phi) is 14.4. The molecule has 1 heterocycles. The number of hydrogen-bond donors (Lipinski definition) is 0. The van der Waals surface area contributed by atoms with Gasteiger partial charge in [0.25, 0.3) is 0 Å². The van der Waals surface area contributed by atoms with Gasteiger partial charge in [-0.25, -0.2) is 12.2 Å². The molecular formula is C28H27Cl2NSiZr-4. The van der Waals surface area contributed by atoms with Crippen molar-refractivity contribution in [2.24, 2.45) is 0 Å². The minimum Gasteiger partial charge on any atom is -0.355 e. The summed E-state index contributed by atoms with van der Waals surface area (Å²) in [6.45, 7) is 3.06.